The van der Waals surface area contributed by atoms with Crippen LogP contribution in [0.15, 0.2) is 0 Å². The van der Waals surface area contributed by atoms with Gasteiger partial charge in [0.15, 0.2) is 0 Å². The lowest BCUT2D eigenvalue weighted by Gasteiger charge is -2.32. The van der Waals surface area contributed by atoms with Crippen LogP contribution in [0, 0.1) is 17.8 Å². The lowest BCUT2D eigenvalue weighted by Crippen LogP contribution is -2.47. The number of fused-ring (bicyclic) bond motifs is 2. The molecular formula is C18H31N3O. The predicted molar refractivity (Wildman–Crippen MR) is 87.3 cm³/mol. The van der Waals surface area contributed by atoms with E-state index in [2.05, 4.69) is 9.80 Å². The molecule has 2 aliphatic carbocycles. The minimum absolute atomic E-state index is 0.141. The van der Waals surface area contributed by atoms with Crippen molar-refractivity contribution in [2.24, 2.45) is 23.5 Å². The molecule has 4 fully saturated rings. The largest absolute Gasteiger partial charge is 0.342 e. The van der Waals surface area contributed by atoms with Gasteiger partial charge in [0, 0.05) is 25.2 Å². The second-order valence-electron chi connectivity index (χ2n) is 8.09. The highest BCUT2D eigenvalue weighted by Crippen LogP contribution is 2.48. The summed E-state index contributed by atoms with van der Waals surface area (Å²) in [6.07, 6.45) is 10.0. The van der Waals surface area contributed by atoms with E-state index in [1.165, 1.54) is 64.5 Å². The Labute approximate surface area is 134 Å². The molecule has 0 aromatic heterocycles. The molecule has 5 unspecified atom stereocenters. The van der Waals surface area contributed by atoms with Crippen LogP contribution in [0.25, 0.3) is 0 Å². The quantitative estimate of drug-likeness (QED) is 0.847. The van der Waals surface area contributed by atoms with Crippen molar-refractivity contribution in [3.05, 3.63) is 0 Å². The van der Waals surface area contributed by atoms with Crippen molar-refractivity contribution < 1.29 is 4.79 Å². The summed E-state index contributed by atoms with van der Waals surface area (Å²) in [7, 11) is 0. The summed E-state index contributed by atoms with van der Waals surface area (Å²) in [6, 6.07) is 0.859. The Morgan fingerprint density at radius 1 is 0.864 bits per heavy atom. The highest BCUT2D eigenvalue weighted by molar-refractivity contribution is 5.80. The first-order valence-electron chi connectivity index (χ1n) is 9.52. The molecule has 4 rings (SSSR count). The Morgan fingerprint density at radius 2 is 1.64 bits per heavy atom. The molecule has 1 amide bonds. The van der Waals surface area contributed by atoms with Crippen molar-refractivity contribution in [3.8, 4) is 0 Å². The molecule has 2 saturated carbocycles. The van der Waals surface area contributed by atoms with Crippen molar-refractivity contribution in [1.29, 1.82) is 0 Å². The lowest BCUT2D eigenvalue weighted by atomic mass is 9.84. The van der Waals surface area contributed by atoms with Crippen LogP contribution in [-0.4, -0.2) is 54.0 Å². The van der Waals surface area contributed by atoms with Crippen LogP contribution in [0.4, 0.5) is 0 Å². The van der Waals surface area contributed by atoms with Gasteiger partial charge in [-0.15, -0.1) is 0 Å². The summed E-state index contributed by atoms with van der Waals surface area (Å²) in [5, 5.41) is 0. The maximum Gasteiger partial charge on any atom is 0.227 e. The van der Waals surface area contributed by atoms with E-state index < -0.39 is 0 Å². The molecule has 0 aromatic rings. The van der Waals surface area contributed by atoms with Crippen molar-refractivity contribution in [2.45, 2.75) is 63.5 Å². The Bertz CT molecular complexity index is 419. The number of nitrogens with zero attached hydrogens (tertiary/aromatic N) is 2. The number of hydrogen-bond donors (Lipinski definition) is 1. The van der Waals surface area contributed by atoms with Crippen molar-refractivity contribution in [2.75, 3.05) is 26.2 Å². The van der Waals surface area contributed by atoms with E-state index in [0.717, 1.165) is 13.1 Å². The van der Waals surface area contributed by atoms with E-state index in [1.54, 1.807) is 0 Å². The standard InChI is InChI=1S/C18H31N3O/c19-17-14-6-5-13(12-14)16(17)18(22)21-10-3-4-15(7-11-21)20-8-1-2-9-20/h13-17H,1-12,19H2. The Kier molecular flexibility index (Phi) is 4.16. The molecule has 2 N–H and O–H groups in total. The average molecular weight is 305 g/mol. The summed E-state index contributed by atoms with van der Waals surface area (Å²) in [5.41, 5.74) is 6.38. The molecular weight excluding hydrogens is 274 g/mol. The van der Waals surface area contributed by atoms with Gasteiger partial charge in [0.05, 0.1) is 5.92 Å². The number of carbonyl (C=O) groups is 1. The smallest absolute Gasteiger partial charge is 0.227 e. The van der Waals surface area contributed by atoms with Gasteiger partial charge in [-0.3, -0.25) is 4.79 Å². The molecule has 4 aliphatic rings. The van der Waals surface area contributed by atoms with Gasteiger partial charge < -0.3 is 15.5 Å². The Hall–Kier alpha value is -0.610. The minimum Gasteiger partial charge on any atom is -0.342 e. The number of rotatable bonds is 2. The van der Waals surface area contributed by atoms with Crippen molar-refractivity contribution in [3.63, 3.8) is 0 Å². The predicted octanol–water partition coefficient (Wildman–Crippen LogP) is 1.84. The van der Waals surface area contributed by atoms with Gasteiger partial charge in [0.1, 0.15) is 0 Å². The first-order chi connectivity index (χ1) is 10.7. The molecule has 124 valence electrons. The third kappa shape index (κ3) is 2.58. The normalized spacial score (nSPS) is 42.8. The first kappa shape index (κ1) is 14.9. The van der Waals surface area contributed by atoms with Crippen LogP contribution in [-0.2, 0) is 4.79 Å². The van der Waals surface area contributed by atoms with Gasteiger partial charge in [0.25, 0.3) is 0 Å². The maximum atomic E-state index is 13.0. The second-order valence-corrected chi connectivity index (χ2v) is 8.09. The zero-order valence-electron chi connectivity index (χ0n) is 13.8. The molecule has 2 bridgehead atoms. The molecule has 2 aliphatic heterocycles. The summed E-state index contributed by atoms with van der Waals surface area (Å²) in [6.45, 7) is 4.47. The van der Waals surface area contributed by atoms with Crippen LogP contribution < -0.4 is 5.73 Å². The molecule has 4 nitrogen and oxygen atoms in total. The molecule has 0 spiro atoms. The van der Waals surface area contributed by atoms with E-state index in [-0.39, 0.29) is 12.0 Å². The van der Waals surface area contributed by atoms with Gasteiger partial charge in [-0.2, -0.15) is 0 Å². The number of carbonyl (C=O) groups excluding carboxylic acids is 1. The van der Waals surface area contributed by atoms with Gasteiger partial charge in [-0.05, 0) is 76.3 Å². The van der Waals surface area contributed by atoms with E-state index in [0.29, 0.717) is 23.8 Å². The number of likely N-dealkylation sites (tertiary alicyclic amines) is 2. The lowest BCUT2D eigenvalue weighted by molar-refractivity contribution is -0.137. The highest BCUT2D eigenvalue weighted by atomic mass is 16.2. The Balaban J connectivity index is 1.37. The average Bonchev–Trinajstić information content (AvgIpc) is 3.21. The topological polar surface area (TPSA) is 49.6 Å². The van der Waals surface area contributed by atoms with Crippen LogP contribution in [0.5, 0.6) is 0 Å². The van der Waals surface area contributed by atoms with E-state index in [9.17, 15) is 4.79 Å². The highest BCUT2D eigenvalue weighted by Gasteiger charge is 2.50. The number of hydrogen-bond acceptors (Lipinski definition) is 3. The zero-order valence-corrected chi connectivity index (χ0v) is 13.8. The van der Waals surface area contributed by atoms with Crippen molar-refractivity contribution in [1.82, 2.24) is 9.80 Å². The molecule has 2 saturated heterocycles. The fraction of sp³-hybridized carbons (Fsp3) is 0.944. The van der Waals surface area contributed by atoms with Gasteiger partial charge in [0.2, 0.25) is 5.91 Å². The summed E-state index contributed by atoms with van der Waals surface area (Å²) in [4.78, 5) is 17.8. The summed E-state index contributed by atoms with van der Waals surface area (Å²) < 4.78 is 0. The SMILES string of the molecule is NC1C2CCC(C2)C1C(=O)N1CCCC(N2CCCC2)CC1. The monoisotopic (exact) mass is 305 g/mol. The van der Waals surface area contributed by atoms with Crippen LogP contribution >= 0.6 is 0 Å². The summed E-state index contributed by atoms with van der Waals surface area (Å²) >= 11 is 0. The van der Waals surface area contributed by atoms with E-state index in [4.69, 9.17) is 5.73 Å². The van der Waals surface area contributed by atoms with Crippen LogP contribution in [0.2, 0.25) is 0 Å². The maximum absolute atomic E-state index is 13.0. The van der Waals surface area contributed by atoms with E-state index >= 15 is 0 Å². The molecule has 5 atom stereocenters. The molecule has 4 heteroatoms. The molecule has 0 aromatic carbocycles. The molecule has 22 heavy (non-hydrogen) atoms. The van der Waals surface area contributed by atoms with Crippen LogP contribution in [0.3, 0.4) is 0 Å². The number of nitrogens with two attached hydrogens (primary N) is 1. The minimum atomic E-state index is 0.141. The third-order valence-corrected chi connectivity index (χ3v) is 6.93. The number of amides is 1. The fourth-order valence-electron chi connectivity index (χ4n) is 5.68. The van der Waals surface area contributed by atoms with Gasteiger partial charge >= 0.3 is 0 Å². The molecule has 0 radical (unpaired) electrons. The summed E-state index contributed by atoms with van der Waals surface area (Å²) in [5.74, 6) is 1.75. The second kappa shape index (κ2) is 6.12. The van der Waals surface area contributed by atoms with Crippen molar-refractivity contribution >= 4 is 5.91 Å². The Morgan fingerprint density at radius 3 is 2.36 bits per heavy atom. The molecule has 2 heterocycles. The van der Waals surface area contributed by atoms with Gasteiger partial charge in [-0.1, -0.05) is 0 Å². The first-order valence-corrected chi connectivity index (χ1v) is 9.52. The zero-order chi connectivity index (χ0) is 15.1. The third-order valence-electron chi connectivity index (χ3n) is 6.93. The van der Waals surface area contributed by atoms with Gasteiger partial charge in [-0.25, -0.2) is 0 Å². The van der Waals surface area contributed by atoms with Crippen LogP contribution in [0.1, 0.15) is 51.4 Å². The fourth-order valence-corrected chi connectivity index (χ4v) is 5.68. The van der Waals surface area contributed by atoms with E-state index in [1.807, 2.05) is 0 Å².